The van der Waals surface area contributed by atoms with Crippen LogP contribution in [0.3, 0.4) is 0 Å². The monoisotopic (exact) mass is 303 g/mol. The van der Waals surface area contributed by atoms with Crippen LogP contribution in [0.1, 0.15) is 31.3 Å². The van der Waals surface area contributed by atoms with Crippen LogP contribution in [0.5, 0.6) is 0 Å². The Bertz CT molecular complexity index is 606. The Morgan fingerprint density at radius 2 is 2.00 bits per heavy atom. The maximum Gasteiger partial charge on any atom is 0.0992 e. The van der Waals surface area contributed by atoms with Gasteiger partial charge in [0.25, 0.3) is 0 Å². The van der Waals surface area contributed by atoms with Crippen LogP contribution >= 0.6 is 11.3 Å². The van der Waals surface area contributed by atoms with Gasteiger partial charge in [0, 0.05) is 38.1 Å². The van der Waals surface area contributed by atoms with Crippen LogP contribution in [0.4, 0.5) is 0 Å². The van der Waals surface area contributed by atoms with Crippen LogP contribution in [0, 0.1) is 0 Å². The molecular formula is C17H25N3S. The SMILES string of the molecule is CC(C)(C)c1nc2c(CCN3CCNCC3)cccc2s1. The predicted octanol–water partition coefficient (Wildman–Crippen LogP) is 3.04. The summed E-state index contributed by atoms with van der Waals surface area (Å²) in [6.45, 7) is 12.4. The van der Waals surface area contributed by atoms with Gasteiger partial charge in [0.05, 0.1) is 15.2 Å². The number of para-hydroxylation sites is 1. The lowest BCUT2D eigenvalue weighted by atomic mass is 9.98. The summed E-state index contributed by atoms with van der Waals surface area (Å²) in [7, 11) is 0. The molecule has 0 bridgehead atoms. The summed E-state index contributed by atoms with van der Waals surface area (Å²) < 4.78 is 1.33. The van der Waals surface area contributed by atoms with Gasteiger partial charge < -0.3 is 10.2 Å². The molecule has 2 heterocycles. The van der Waals surface area contributed by atoms with E-state index < -0.39 is 0 Å². The smallest absolute Gasteiger partial charge is 0.0992 e. The molecular weight excluding hydrogens is 278 g/mol. The van der Waals surface area contributed by atoms with Crippen molar-refractivity contribution in [3.05, 3.63) is 28.8 Å². The average molecular weight is 303 g/mol. The maximum atomic E-state index is 4.94. The number of benzene rings is 1. The molecule has 0 amide bonds. The van der Waals surface area contributed by atoms with Gasteiger partial charge in [-0.15, -0.1) is 11.3 Å². The van der Waals surface area contributed by atoms with Crippen LogP contribution in [0.25, 0.3) is 10.2 Å². The van der Waals surface area contributed by atoms with E-state index in [2.05, 4.69) is 49.2 Å². The first kappa shape index (κ1) is 14.9. The first-order chi connectivity index (χ1) is 10.0. The molecule has 114 valence electrons. The molecule has 1 saturated heterocycles. The number of piperazine rings is 1. The number of rotatable bonds is 3. The molecule has 1 N–H and O–H groups in total. The summed E-state index contributed by atoms with van der Waals surface area (Å²) in [5.74, 6) is 0. The van der Waals surface area contributed by atoms with E-state index >= 15 is 0 Å². The Hall–Kier alpha value is -0.970. The Morgan fingerprint density at radius 1 is 1.24 bits per heavy atom. The highest BCUT2D eigenvalue weighted by Crippen LogP contribution is 2.32. The molecule has 1 aromatic heterocycles. The van der Waals surface area contributed by atoms with Crippen molar-refractivity contribution in [3.8, 4) is 0 Å². The third-order valence-electron chi connectivity index (χ3n) is 4.05. The van der Waals surface area contributed by atoms with Gasteiger partial charge in [-0.3, -0.25) is 0 Å². The second kappa shape index (κ2) is 6.03. The number of nitrogens with one attached hydrogen (secondary N) is 1. The lowest BCUT2D eigenvalue weighted by Gasteiger charge is -2.27. The molecule has 0 atom stereocenters. The highest BCUT2D eigenvalue weighted by Gasteiger charge is 2.20. The van der Waals surface area contributed by atoms with E-state index in [1.54, 1.807) is 0 Å². The van der Waals surface area contributed by atoms with Gasteiger partial charge in [-0.1, -0.05) is 32.9 Å². The number of aromatic nitrogens is 1. The van der Waals surface area contributed by atoms with Crippen molar-refractivity contribution >= 4 is 21.6 Å². The van der Waals surface area contributed by atoms with Gasteiger partial charge in [0.1, 0.15) is 0 Å². The molecule has 0 unspecified atom stereocenters. The highest BCUT2D eigenvalue weighted by atomic mass is 32.1. The summed E-state index contributed by atoms with van der Waals surface area (Å²) in [6.07, 6.45) is 1.10. The lowest BCUT2D eigenvalue weighted by Crippen LogP contribution is -2.44. The normalized spacial score (nSPS) is 17.5. The molecule has 0 radical (unpaired) electrons. The fraction of sp³-hybridized carbons (Fsp3) is 0.588. The first-order valence-corrected chi connectivity index (χ1v) is 8.68. The molecule has 1 aliphatic rings. The van der Waals surface area contributed by atoms with E-state index in [0.29, 0.717) is 0 Å². The number of fused-ring (bicyclic) bond motifs is 1. The largest absolute Gasteiger partial charge is 0.314 e. The standard InChI is InChI=1S/C17H25N3S/c1-17(2,3)16-19-15-13(5-4-6-14(15)21-16)7-10-20-11-8-18-9-12-20/h4-6,18H,7-12H2,1-3H3. The fourth-order valence-corrected chi connectivity index (χ4v) is 3.81. The number of hydrogen-bond donors (Lipinski definition) is 1. The third kappa shape index (κ3) is 3.44. The minimum atomic E-state index is 0.138. The van der Waals surface area contributed by atoms with Crippen LogP contribution < -0.4 is 5.32 Å². The molecule has 2 aromatic rings. The van der Waals surface area contributed by atoms with E-state index in [4.69, 9.17) is 4.98 Å². The van der Waals surface area contributed by atoms with Crippen molar-refractivity contribution in [2.24, 2.45) is 0 Å². The Morgan fingerprint density at radius 3 is 2.71 bits per heavy atom. The molecule has 21 heavy (non-hydrogen) atoms. The van der Waals surface area contributed by atoms with E-state index in [1.807, 2.05) is 11.3 Å². The minimum absolute atomic E-state index is 0.138. The molecule has 0 aliphatic carbocycles. The minimum Gasteiger partial charge on any atom is -0.314 e. The molecule has 1 aromatic carbocycles. The van der Waals surface area contributed by atoms with Gasteiger partial charge >= 0.3 is 0 Å². The molecule has 3 rings (SSSR count). The second-order valence-electron chi connectivity index (χ2n) is 6.87. The molecule has 0 saturated carbocycles. The van der Waals surface area contributed by atoms with Crippen molar-refractivity contribution in [2.75, 3.05) is 32.7 Å². The van der Waals surface area contributed by atoms with Gasteiger partial charge in [-0.25, -0.2) is 4.98 Å². The molecule has 0 spiro atoms. The average Bonchev–Trinajstić information content (AvgIpc) is 2.91. The summed E-state index contributed by atoms with van der Waals surface area (Å²) in [5.41, 5.74) is 2.76. The second-order valence-corrected chi connectivity index (χ2v) is 7.91. The van der Waals surface area contributed by atoms with Crippen molar-refractivity contribution in [1.29, 1.82) is 0 Å². The van der Waals surface area contributed by atoms with Crippen molar-refractivity contribution in [1.82, 2.24) is 15.2 Å². The van der Waals surface area contributed by atoms with Crippen molar-refractivity contribution in [2.45, 2.75) is 32.6 Å². The Balaban J connectivity index is 1.79. The van der Waals surface area contributed by atoms with Crippen LogP contribution in [0.2, 0.25) is 0 Å². The third-order valence-corrected chi connectivity index (χ3v) is 5.50. The van der Waals surface area contributed by atoms with E-state index in [9.17, 15) is 0 Å². The summed E-state index contributed by atoms with van der Waals surface area (Å²) >= 11 is 1.85. The van der Waals surface area contributed by atoms with Gasteiger partial charge in [0.15, 0.2) is 0 Å². The quantitative estimate of drug-likeness (QED) is 0.944. The van der Waals surface area contributed by atoms with Gasteiger partial charge in [-0.2, -0.15) is 0 Å². The van der Waals surface area contributed by atoms with Crippen molar-refractivity contribution < 1.29 is 0 Å². The van der Waals surface area contributed by atoms with Crippen LogP contribution in [0.15, 0.2) is 18.2 Å². The van der Waals surface area contributed by atoms with Crippen LogP contribution in [-0.4, -0.2) is 42.6 Å². The first-order valence-electron chi connectivity index (χ1n) is 7.86. The molecule has 4 heteroatoms. The summed E-state index contributed by atoms with van der Waals surface area (Å²) in [6, 6.07) is 6.63. The number of thiazole rings is 1. The number of hydrogen-bond acceptors (Lipinski definition) is 4. The predicted molar refractivity (Wildman–Crippen MR) is 91.3 cm³/mol. The van der Waals surface area contributed by atoms with E-state index in [0.717, 1.165) is 26.1 Å². The zero-order valence-electron chi connectivity index (χ0n) is 13.3. The Labute approximate surface area is 131 Å². The Kier molecular flexibility index (Phi) is 4.29. The lowest BCUT2D eigenvalue weighted by molar-refractivity contribution is 0.244. The zero-order valence-corrected chi connectivity index (χ0v) is 14.1. The van der Waals surface area contributed by atoms with Gasteiger partial charge in [-0.05, 0) is 18.1 Å². The van der Waals surface area contributed by atoms with E-state index in [1.165, 1.54) is 33.9 Å². The molecule has 1 aliphatic heterocycles. The van der Waals surface area contributed by atoms with Crippen molar-refractivity contribution in [3.63, 3.8) is 0 Å². The molecule has 3 nitrogen and oxygen atoms in total. The fourth-order valence-electron chi connectivity index (χ4n) is 2.74. The molecule has 1 fully saturated rings. The van der Waals surface area contributed by atoms with E-state index in [-0.39, 0.29) is 5.41 Å². The highest BCUT2D eigenvalue weighted by molar-refractivity contribution is 7.18. The summed E-state index contributed by atoms with van der Waals surface area (Å²) in [5, 5.41) is 4.65. The zero-order chi connectivity index (χ0) is 14.9. The number of nitrogens with zero attached hydrogens (tertiary/aromatic N) is 2. The summed E-state index contributed by atoms with van der Waals surface area (Å²) in [4.78, 5) is 7.48. The topological polar surface area (TPSA) is 28.2 Å². The van der Waals surface area contributed by atoms with Gasteiger partial charge in [0.2, 0.25) is 0 Å². The van der Waals surface area contributed by atoms with Crippen LogP contribution in [-0.2, 0) is 11.8 Å². The maximum absolute atomic E-state index is 4.94.